The van der Waals surface area contributed by atoms with Crippen LogP contribution in [0.25, 0.3) is 11.4 Å². The molecule has 1 atom stereocenters. The van der Waals surface area contributed by atoms with Crippen molar-refractivity contribution in [2.45, 2.75) is 39.2 Å². The predicted octanol–water partition coefficient (Wildman–Crippen LogP) is 3.37. The minimum Gasteiger partial charge on any atom is -0.337 e. The number of nitrogens with zero attached hydrogens (tertiary/aromatic N) is 2. The summed E-state index contributed by atoms with van der Waals surface area (Å²) in [6.07, 6.45) is 2.88. The van der Waals surface area contributed by atoms with Crippen LogP contribution in [0.1, 0.15) is 43.7 Å². The maximum absolute atomic E-state index is 13.3. The molecule has 0 aliphatic rings. The van der Waals surface area contributed by atoms with E-state index < -0.39 is 0 Å². The zero-order valence-corrected chi connectivity index (χ0v) is 11.2. The van der Waals surface area contributed by atoms with Crippen LogP contribution in [0.5, 0.6) is 0 Å². The lowest BCUT2D eigenvalue weighted by Crippen LogP contribution is -2.10. The maximum atomic E-state index is 13.3. The Labute approximate surface area is 111 Å². The summed E-state index contributed by atoms with van der Waals surface area (Å²) in [5.74, 6) is 0.480. The summed E-state index contributed by atoms with van der Waals surface area (Å²) in [6.45, 7) is 3.98. The summed E-state index contributed by atoms with van der Waals surface area (Å²) in [7, 11) is 0. The molecule has 0 bridgehead atoms. The van der Waals surface area contributed by atoms with E-state index in [4.69, 9.17) is 10.3 Å². The lowest BCUT2D eigenvalue weighted by atomic mass is 10.1. The van der Waals surface area contributed by atoms with Gasteiger partial charge in [0.1, 0.15) is 5.82 Å². The lowest BCUT2D eigenvalue weighted by Gasteiger charge is -2.04. The Bertz CT molecular complexity index is 553. The molecule has 1 heterocycles. The third-order valence-corrected chi connectivity index (χ3v) is 3.07. The third kappa shape index (κ3) is 3.17. The molecule has 5 heteroatoms. The summed E-state index contributed by atoms with van der Waals surface area (Å²) in [4.78, 5) is 4.27. The van der Waals surface area contributed by atoms with Gasteiger partial charge < -0.3 is 10.3 Å². The fourth-order valence-corrected chi connectivity index (χ4v) is 1.88. The van der Waals surface area contributed by atoms with Gasteiger partial charge in [-0.25, -0.2) is 4.39 Å². The van der Waals surface area contributed by atoms with Crippen molar-refractivity contribution >= 4 is 0 Å². The van der Waals surface area contributed by atoms with E-state index >= 15 is 0 Å². The summed E-state index contributed by atoms with van der Waals surface area (Å²) in [5.41, 5.74) is 7.51. The standard InChI is InChI=1S/C14H18FN3O/c1-3-4-5-12(16)14-17-13(18-19-14)11-8-10(15)7-6-9(11)2/h6-8,12H,3-5,16H2,1-2H3. The van der Waals surface area contributed by atoms with Crippen LogP contribution in [0.4, 0.5) is 4.39 Å². The van der Waals surface area contributed by atoms with Crippen molar-refractivity contribution < 1.29 is 8.91 Å². The molecular weight excluding hydrogens is 245 g/mol. The van der Waals surface area contributed by atoms with Crippen molar-refractivity contribution in [3.8, 4) is 11.4 Å². The SMILES string of the molecule is CCCCC(N)c1nc(-c2cc(F)ccc2C)no1. The smallest absolute Gasteiger partial charge is 0.243 e. The van der Waals surface area contributed by atoms with Gasteiger partial charge in [-0.05, 0) is 31.0 Å². The molecule has 0 amide bonds. The van der Waals surface area contributed by atoms with E-state index in [-0.39, 0.29) is 11.9 Å². The van der Waals surface area contributed by atoms with Gasteiger partial charge in [-0.3, -0.25) is 0 Å². The van der Waals surface area contributed by atoms with Crippen LogP contribution >= 0.6 is 0 Å². The Hall–Kier alpha value is -1.75. The van der Waals surface area contributed by atoms with Crippen LogP contribution in [0.3, 0.4) is 0 Å². The number of nitrogens with two attached hydrogens (primary N) is 1. The van der Waals surface area contributed by atoms with Crippen LogP contribution in [0, 0.1) is 12.7 Å². The van der Waals surface area contributed by atoms with Gasteiger partial charge in [-0.2, -0.15) is 4.98 Å². The van der Waals surface area contributed by atoms with Crippen LogP contribution in [-0.4, -0.2) is 10.1 Å². The Morgan fingerprint density at radius 2 is 2.21 bits per heavy atom. The Morgan fingerprint density at radius 3 is 2.95 bits per heavy atom. The molecule has 0 aliphatic heterocycles. The Kier molecular flexibility index (Phi) is 4.27. The average Bonchev–Trinajstić information content (AvgIpc) is 2.88. The number of rotatable bonds is 5. The molecule has 19 heavy (non-hydrogen) atoms. The van der Waals surface area contributed by atoms with Gasteiger partial charge in [0.05, 0.1) is 6.04 Å². The molecule has 0 saturated heterocycles. The van der Waals surface area contributed by atoms with Gasteiger partial charge >= 0.3 is 0 Å². The van der Waals surface area contributed by atoms with E-state index in [9.17, 15) is 4.39 Å². The average molecular weight is 263 g/mol. The van der Waals surface area contributed by atoms with Gasteiger partial charge in [0.2, 0.25) is 11.7 Å². The first-order chi connectivity index (χ1) is 9.11. The number of aryl methyl sites for hydroxylation is 1. The molecule has 2 aromatic rings. The minimum atomic E-state index is -0.317. The summed E-state index contributed by atoms with van der Waals surface area (Å²) >= 11 is 0. The van der Waals surface area contributed by atoms with E-state index in [1.807, 2.05) is 6.92 Å². The summed E-state index contributed by atoms with van der Waals surface area (Å²) in [5, 5.41) is 3.88. The number of unbranched alkanes of at least 4 members (excludes halogenated alkanes) is 1. The number of halogens is 1. The van der Waals surface area contributed by atoms with Gasteiger partial charge in [0.15, 0.2) is 0 Å². The van der Waals surface area contributed by atoms with E-state index in [0.29, 0.717) is 17.3 Å². The zero-order chi connectivity index (χ0) is 13.8. The minimum absolute atomic E-state index is 0.255. The highest BCUT2D eigenvalue weighted by Crippen LogP contribution is 2.23. The molecule has 1 unspecified atom stereocenters. The molecule has 2 N–H and O–H groups in total. The maximum Gasteiger partial charge on any atom is 0.243 e. The first kappa shape index (κ1) is 13.7. The fourth-order valence-electron chi connectivity index (χ4n) is 1.88. The van der Waals surface area contributed by atoms with Crippen LogP contribution in [0.2, 0.25) is 0 Å². The van der Waals surface area contributed by atoms with Gasteiger partial charge in [0, 0.05) is 5.56 Å². The Morgan fingerprint density at radius 1 is 1.42 bits per heavy atom. The number of hydrogen-bond donors (Lipinski definition) is 1. The zero-order valence-electron chi connectivity index (χ0n) is 11.2. The molecule has 0 radical (unpaired) electrons. The van der Waals surface area contributed by atoms with Gasteiger partial charge in [-0.1, -0.05) is 31.0 Å². The third-order valence-electron chi connectivity index (χ3n) is 3.07. The van der Waals surface area contributed by atoms with E-state index in [2.05, 4.69) is 17.1 Å². The first-order valence-corrected chi connectivity index (χ1v) is 6.47. The monoisotopic (exact) mass is 263 g/mol. The molecule has 1 aromatic carbocycles. The second kappa shape index (κ2) is 5.93. The van der Waals surface area contributed by atoms with Gasteiger partial charge in [-0.15, -0.1) is 0 Å². The normalized spacial score (nSPS) is 12.6. The summed E-state index contributed by atoms with van der Waals surface area (Å²) < 4.78 is 18.4. The number of benzene rings is 1. The largest absolute Gasteiger partial charge is 0.337 e. The van der Waals surface area contributed by atoms with Crippen LogP contribution in [-0.2, 0) is 0 Å². The molecule has 102 valence electrons. The van der Waals surface area contributed by atoms with Crippen molar-refractivity contribution in [1.29, 1.82) is 0 Å². The second-order valence-corrected chi connectivity index (χ2v) is 4.66. The topological polar surface area (TPSA) is 64.9 Å². The predicted molar refractivity (Wildman–Crippen MR) is 70.9 cm³/mol. The highest BCUT2D eigenvalue weighted by molar-refractivity contribution is 5.59. The van der Waals surface area contributed by atoms with E-state index in [1.165, 1.54) is 12.1 Å². The molecule has 4 nitrogen and oxygen atoms in total. The van der Waals surface area contributed by atoms with Crippen molar-refractivity contribution in [2.75, 3.05) is 0 Å². The van der Waals surface area contributed by atoms with Crippen molar-refractivity contribution in [3.05, 3.63) is 35.5 Å². The highest BCUT2D eigenvalue weighted by atomic mass is 19.1. The van der Waals surface area contributed by atoms with Gasteiger partial charge in [0.25, 0.3) is 0 Å². The van der Waals surface area contributed by atoms with Crippen molar-refractivity contribution in [1.82, 2.24) is 10.1 Å². The lowest BCUT2D eigenvalue weighted by molar-refractivity contribution is 0.346. The Balaban J connectivity index is 2.23. The number of hydrogen-bond acceptors (Lipinski definition) is 4. The molecule has 0 saturated carbocycles. The number of aromatic nitrogens is 2. The van der Waals surface area contributed by atoms with E-state index in [0.717, 1.165) is 24.8 Å². The van der Waals surface area contributed by atoms with Crippen LogP contribution in [0.15, 0.2) is 22.7 Å². The molecule has 0 aliphatic carbocycles. The summed E-state index contributed by atoms with van der Waals surface area (Å²) in [6, 6.07) is 4.25. The molecular formula is C14H18FN3O. The molecule has 0 fully saturated rings. The highest BCUT2D eigenvalue weighted by Gasteiger charge is 2.16. The van der Waals surface area contributed by atoms with Crippen LogP contribution < -0.4 is 5.73 Å². The molecule has 0 spiro atoms. The first-order valence-electron chi connectivity index (χ1n) is 6.47. The second-order valence-electron chi connectivity index (χ2n) is 4.66. The quantitative estimate of drug-likeness (QED) is 0.898. The molecule has 1 aromatic heterocycles. The van der Waals surface area contributed by atoms with E-state index in [1.54, 1.807) is 6.07 Å². The van der Waals surface area contributed by atoms with Crippen molar-refractivity contribution in [3.63, 3.8) is 0 Å². The molecule has 2 rings (SSSR count). The van der Waals surface area contributed by atoms with Crippen molar-refractivity contribution in [2.24, 2.45) is 5.73 Å². The fraction of sp³-hybridized carbons (Fsp3) is 0.429.